The van der Waals surface area contributed by atoms with E-state index in [0.29, 0.717) is 17.2 Å². The van der Waals surface area contributed by atoms with Gasteiger partial charge in [0.15, 0.2) is 0 Å². The van der Waals surface area contributed by atoms with E-state index in [2.05, 4.69) is 5.10 Å². The second-order valence-corrected chi connectivity index (χ2v) is 3.13. The Labute approximate surface area is 86.3 Å². The first kappa shape index (κ1) is 9.67. The highest BCUT2D eigenvalue weighted by molar-refractivity contribution is 5.43. The van der Waals surface area contributed by atoms with Gasteiger partial charge >= 0.3 is 0 Å². The molecule has 0 fully saturated rings. The maximum Gasteiger partial charge on any atom is 0.148 e. The van der Waals surface area contributed by atoms with Gasteiger partial charge in [-0.15, -0.1) is 0 Å². The van der Waals surface area contributed by atoms with Crippen molar-refractivity contribution in [1.82, 2.24) is 9.78 Å². The topological polar surface area (TPSA) is 69.9 Å². The SMILES string of the molecule is NCc1cc(N)n(-c2ccccc2F)n1. The number of hydrogen-bond donors (Lipinski definition) is 2. The lowest BCUT2D eigenvalue weighted by molar-refractivity contribution is 0.611. The fourth-order valence-electron chi connectivity index (χ4n) is 1.36. The molecule has 5 heteroatoms. The molecule has 4 nitrogen and oxygen atoms in total. The van der Waals surface area contributed by atoms with Crippen molar-refractivity contribution < 1.29 is 4.39 Å². The first-order valence-electron chi connectivity index (χ1n) is 4.51. The van der Waals surface area contributed by atoms with E-state index < -0.39 is 0 Å². The molecule has 0 saturated carbocycles. The fourth-order valence-corrected chi connectivity index (χ4v) is 1.36. The minimum atomic E-state index is -0.365. The molecule has 2 aromatic rings. The van der Waals surface area contributed by atoms with Crippen LogP contribution in [0, 0.1) is 5.82 Å². The summed E-state index contributed by atoms with van der Waals surface area (Å²) in [6, 6.07) is 7.94. The molecule has 2 rings (SSSR count). The van der Waals surface area contributed by atoms with Crippen molar-refractivity contribution in [3.05, 3.63) is 41.8 Å². The molecule has 78 valence electrons. The molecule has 0 aliphatic heterocycles. The molecule has 1 heterocycles. The molecule has 0 unspecified atom stereocenters. The van der Waals surface area contributed by atoms with Crippen LogP contribution in [-0.4, -0.2) is 9.78 Å². The number of aromatic nitrogens is 2. The second-order valence-electron chi connectivity index (χ2n) is 3.13. The largest absolute Gasteiger partial charge is 0.384 e. The Kier molecular flexibility index (Phi) is 2.39. The predicted molar refractivity (Wildman–Crippen MR) is 55.8 cm³/mol. The summed E-state index contributed by atoms with van der Waals surface area (Å²) in [4.78, 5) is 0. The Morgan fingerprint density at radius 3 is 2.67 bits per heavy atom. The van der Waals surface area contributed by atoms with Gasteiger partial charge in [0.2, 0.25) is 0 Å². The highest BCUT2D eigenvalue weighted by Crippen LogP contribution is 2.16. The Bertz CT molecular complexity index is 478. The van der Waals surface area contributed by atoms with E-state index in [1.807, 2.05) is 0 Å². The summed E-state index contributed by atoms with van der Waals surface area (Å²) in [7, 11) is 0. The lowest BCUT2D eigenvalue weighted by Crippen LogP contribution is -2.05. The van der Waals surface area contributed by atoms with Gasteiger partial charge in [-0.1, -0.05) is 12.1 Å². The average molecular weight is 206 g/mol. The van der Waals surface area contributed by atoms with Crippen molar-refractivity contribution in [3.8, 4) is 5.69 Å². The summed E-state index contributed by atoms with van der Waals surface area (Å²) < 4.78 is 14.8. The quantitative estimate of drug-likeness (QED) is 0.771. The van der Waals surface area contributed by atoms with Crippen LogP contribution in [0.1, 0.15) is 5.69 Å². The number of nitrogen functional groups attached to an aromatic ring is 1. The van der Waals surface area contributed by atoms with Crippen LogP contribution in [0.4, 0.5) is 10.2 Å². The van der Waals surface area contributed by atoms with E-state index in [1.165, 1.54) is 10.7 Å². The minimum Gasteiger partial charge on any atom is -0.384 e. The Balaban J connectivity index is 2.54. The van der Waals surface area contributed by atoms with Gasteiger partial charge in [0.1, 0.15) is 17.3 Å². The first-order chi connectivity index (χ1) is 7.22. The lowest BCUT2D eigenvalue weighted by atomic mass is 10.3. The molecule has 4 N–H and O–H groups in total. The zero-order chi connectivity index (χ0) is 10.8. The van der Waals surface area contributed by atoms with Crippen molar-refractivity contribution in [2.45, 2.75) is 6.54 Å². The molecule has 15 heavy (non-hydrogen) atoms. The van der Waals surface area contributed by atoms with E-state index in [1.54, 1.807) is 24.3 Å². The van der Waals surface area contributed by atoms with Gasteiger partial charge in [0.05, 0.1) is 5.69 Å². The van der Waals surface area contributed by atoms with Crippen LogP contribution < -0.4 is 11.5 Å². The summed E-state index contributed by atoms with van der Waals surface area (Å²) in [5, 5.41) is 4.09. The predicted octanol–water partition coefficient (Wildman–Crippen LogP) is 1.05. The molecule has 0 radical (unpaired) electrons. The summed E-state index contributed by atoms with van der Waals surface area (Å²) in [6.45, 7) is 0.283. The van der Waals surface area contributed by atoms with E-state index >= 15 is 0 Å². The number of nitrogens with zero attached hydrogens (tertiary/aromatic N) is 2. The molecule has 0 aliphatic carbocycles. The molecule has 0 spiro atoms. The number of rotatable bonds is 2. The zero-order valence-electron chi connectivity index (χ0n) is 8.02. The second kappa shape index (κ2) is 3.70. The molecule has 0 saturated heterocycles. The van der Waals surface area contributed by atoms with Gasteiger partial charge in [-0.25, -0.2) is 9.07 Å². The van der Waals surface area contributed by atoms with Gasteiger partial charge in [0, 0.05) is 12.6 Å². The summed E-state index contributed by atoms with van der Waals surface area (Å²) in [5.41, 5.74) is 12.1. The number of benzene rings is 1. The van der Waals surface area contributed by atoms with Crippen LogP contribution in [0.25, 0.3) is 5.69 Å². The van der Waals surface area contributed by atoms with Crippen molar-refractivity contribution in [3.63, 3.8) is 0 Å². The third-order valence-corrected chi connectivity index (χ3v) is 2.08. The fraction of sp³-hybridized carbons (Fsp3) is 0.100. The Hall–Kier alpha value is -1.88. The van der Waals surface area contributed by atoms with Crippen LogP contribution in [0.5, 0.6) is 0 Å². The maximum absolute atomic E-state index is 13.4. The van der Waals surface area contributed by atoms with E-state index in [-0.39, 0.29) is 12.4 Å². The molecule has 1 aromatic heterocycles. The smallest absolute Gasteiger partial charge is 0.148 e. The van der Waals surface area contributed by atoms with Gasteiger partial charge in [-0.3, -0.25) is 0 Å². The highest BCUT2D eigenvalue weighted by Gasteiger charge is 2.09. The van der Waals surface area contributed by atoms with Crippen molar-refractivity contribution >= 4 is 5.82 Å². The van der Waals surface area contributed by atoms with Crippen LogP contribution in [-0.2, 0) is 6.54 Å². The van der Waals surface area contributed by atoms with Gasteiger partial charge < -0.3 is 11.5 Å². The van der Waals surface area contributed by atoms with Crippen molar-refractivity contribution in [1.29, 1.82) is 0 Å². The third kappa shape index (κ3) is 1.69. The van der Waals surface area contributed by atoms with E-state index in [9.17, 15) is 4.39 Å². The lowest BCUT2D eigenvalue weighted by Gasteiger charge is -2.04. The Morgan fingerprint density at radius 1 is 1.33 bits per heavy atom. The zero-order valence-corrected chi connectivity index (χ0v) is 8.02. The normalized spacial score (nSPS) is 10.5. The van der Waals surface area contributed by atoms with E-state index in [4.69, 9.17) is 11.5 Å². The summed E-state index contributed by atoms with van der Waals surface area (Å²) in [6.07, 6.45) is 0. The van der Waals surface area contributed by atoms with Gasteiger partial charge in [-0.2, -0.15) is 5.10 Å². The number of hydrogen-bond acceptors (Lipinski definition) is 3. The number of nitrogens with two attached hydrogens (primary N) is 2. The van der Waals surface area contributed by atoms with Gasteiger partial charge in [-0.05, 0) is 12.1 Å². The molecular formula is C10H11FN4. The molecule has 0 atom stereocenters. The van der Waals surface area contributed by atoms with Crippen molar-refractivity contribution in [2.24, 2.45) is 5.73 Å². The van der Waals surface area contributed by atoms with E-state index in [0.717, 1.165) is 0 Å². The first-order valence-corrected chi connectivity index (χ1v) is 4.51. The number of anilines is 1. The summed E-state index contributed by atoms with van der Waals surface area (Å²) >= 11 is 0. The Morgan fingerprint density at radius 2 is 2.07 bits per heavy atom. The molecule has 0 bridgehead atoms. The highest BCUT2D eigenvalue weighted by atomic mass is 19.1. The molecule has 0 amide bonds. The molecule has 0 aliphatic rings. The summed E-state index contributed by atoms with van der Waals surface area (Å²) in [5.74, 6) is 0.0106. The monoisotopic (exact) mass is 206 g/mol. The van der Waals surface area contributed by atoms with Gasteiger partial charge in [0.25, 0.3) is 0 Å². The van der Waals surface area contributed by atoms with Crippen molar-refractivity contribution in [2.75, 3.05) is 5.73 Å². The molecule has 1 aromatic carbocycles. The average Bonchev–Trinajstić information content (AvgIpc) is 2.60. The third-order valence-electron chi connectivity index (χ3n) is 2.08. The van der Waals surface area contributed by atoms with Crippen LogP contribution in [0.15, 0.2) is 30.3 Å². The standard InChI is InChI=1S/C10H11FN4/c11-8-3-1-2-4-9(8)15-10(13)5-7(6-12)14-15/h1-5H,6,12-13H2. The molecular weight excluding hydrogens is 195 g/mol. The maximum atomic E-state index is 13.4. The van der Waals surface area contributed by atoms with Crippen LogP contribution in [0.3, 0.4) is 0 Å². The van der Waals surface area contributed by atoms with Crippen LogP contribution in [0.2, 0.25) is 0 Å². The van der Waals surface area contributed by atoms with Crippen LogP contribution >= 0.6 is 0 Å². The number of halogens is 1. The minimum absolute atomic E-state index is 0.283. The number of para-hydroxylation sites is 1.